The zero-order valence-corrected chi connectivity index (χ0v) is 8.35. The van der Waals surface area contributed by atoms with Gasteiger partial charge >= 0.3 is 0 Å². The van der Waals surface area contributed by atoms with Crippen LogP contribution in [0.25, 0.3) is 0 Å². The normalized spacial score (nSPS) is 21.5. The van der Waals surface area contributed by atoms with Crippen molar-refractivity contribution in [3.05, 3.63) is 11.8 Å². The molecule has 1 aliphatic heterocycles. The number of anilines is 1. The standard InChI is InChI=1S/C9H14N4O2/c10-8-7(9(11)14)4-13(12-8)6-2-1-3-15-5-6/h4,6H,1-3,5H2,(H2,10,12)(H2,11,14)/t6-/m1/s1. The van der Waals surface area contributed by atoms with Crippen LogP contribution >= 0.6 is 0 Å². The molecule has 0 unspecified atom stereocenters. The Morgan fingerprint density at radius 3 is 3.00 bits per heavy atom. The molecule has 1 aliphatic rings. The van der Waals surface area contributed by atoms with Crippen LogP contribution in [0.1, 0.15) is 29.2 Å². The number of carbonyl (C=O) groups is 1. The van der Waals surface area contributed by atoms with Gasteiger partial charge in [-0.05, 0) is 12.8 Å². The van der Waals surface area contributed by atoms with Crippen LogP contribution in [0.2, 0.25) is 0 Å². The topological polar surface area (TPSA) is 96.2 Å². The van der Waals surface area contributed by atoms with Crippen molar-refractivity contribution in [2.75, 3.05) is 18.9 Å². The molecule has 6 nitrogen and oxygen atoms in total. The second-order valence-corrected chi connectivity index (χ2v) is 3.64. The maximum Gasteiger partial charge on any atom is 0.254 e. The molecule has 1 aromatic rings. The first-order chi connectivity index (χ1) is 7.18. The Bertz CT molecular complexity index is 368. The van der Waals surface area contributed by atoms with E-state index in [4.69, 9.17) is 16.2 Å². The SMILES string of the molecule is NC(=O)c1cn([C@@H]2CCCOC2)nc1N. The minimum Gasteiger partial charge on any atom is -0.382 e. The van der Waals surface area contributed by atoms with Gasteiger partial charge in [-0.25, -0.2) is 0 Å². The zero-order chi connectivity index (χ0) is 10.8. The van der Waals surface area contributed by atoms with Crippen molar-refractivity contribution in [2.24, 2.45) is 5.73 Å². The molecule has 1 amide bonds. The second-order valence-electron chi connectivity index (χ2n) is 3.64. The van der Waals surface area contributed by atoms with Gasteiger partial charge in [0.25, 0.3) is 5.91 Å². The van der Waals surface area contributed by atoms with Crippen LogP contribution in [0.3, 0.4) is 0 Å². The van der Waals surface area contributed by atoms with Crippen molar-refractivity contribution in [1.82, 2.24) is 9.78 Å². The minimum absolute atomic E-state index is 0.161. The predicted molar refractivity (Wildman–Crippen MR) is 54.2 cm³/mol. The molecule has 1 atom stereocenters. The lowest BCUT2D eigenvalue weighted by atomic mass is 10.1. The van der Waals surface area contributed by atoms with Crippen LogP contribution in [-0.2, 0) is 4.74 Å². The lowest BCUT2D eigenvalue weighted by Crippen LogP contribution is -2.21. The average molecular weight is 210 g/mol. The van der Waals surface area contributed by atoms with E-state index >= 15 is 0 Å². The van der Waals surface area contributed by atoms with Crippen molar-refractivity contribution in [1.29, 1.82) is 0 Å². The fourth-order valence-corrected chi connectivity index (χ4v) is 1.71. The molecule has 6 heteroatoms. The molecule has 15 heavy (non-hydrogen) atoms. The van der Waals surface area contributed by atoms with Gasteiger partial charge in [0.05, 0.1) is 12.6 Å². The average Bonchev–Trinajstić information content (AvgIpc) is 2.62. The molecule has 0 bridgehead atoms. The molecule has 0 saturated carbocycles. The third-order valence-electron chi connectivity index (χ3n) is 2.54. The fraction of sp³-hybridized carbons (Fsp3) is 0.556. The van der Waals surface area contributed by atoms with E-state index < -0.39 is 5.91 Å². The van der Waals surface area contributed by atoms with Crippen molar-refractivity contribution in [2.45, 2.75) is 18.9 Å². The zero-order valence-electron chi connectivity index (χ0n) is 8.35. The molecule has 82 valence electrons. The Morgan fingerprint density at radius 1 is 1.67 bits per heavy atom. The van der Waals surface area contributed by atoms with E-state index in [1.807, 2.05) is 0 Å². The monoisotopic (exact) mass is 210 g/mol. The molecule has 0 spiro atoms. The van der Waals surface area contributed by atoms with Gasteiger partial charge in [-0.15, -0.1) is 0 Å². The molecular formula is C9H14N4O2. The third-order valence-corrected chi connectivity index (χ3v) is 2.54. The smallest absolute Gasteiger partial charge is 0.254 e. The summed E-state index contributed by atoms with van der Waals surface area (Å²) in [6.45, 7) is 1.40. The first-order valence-corrected chi connectivity index (χ1v) is 4.90. The lowest BCUT2D eigenvalue weighted by Gasteiger charge is -2.22. The summed E-state index contributed by atoms with van der Waals surface area (Å²) in [6, 6.07) is 0.161. The number of nitrogen functional groups attached to an aromatic ring is 1. The third kappa shape index (κ3) is 1.94. The van der Waals surface area contributed by atoms with Gasteiger partial charge in [0.2, 0.25) is 0 Å². The van der Waals surface area contributed by atoms with Crippen molar-refractivity contribution in [3.8, 4) is 0 Å². The summed E-state index contributed by atoms with van der Waals surface area (Å²) < 4.78 is 7.00. The highest BCUT2D eigenvalue weighted by Gasteiger charge is 2.19. The van der Waals surface area contributed by atoms with E-state index in [0.717, 1.165) is 19.4 Å². The van der Waals surface area contributed by atoms with E-state index in [9.17, 15) is 4.79 Å². The minimum atomic E-state index is -0.546. The summed E-state index contributed by atoms with van der Waals surface area (Å²) in [7, 11) is 0. The molecule has 0 aliphatic carbocycles. The van der Waals surface area contributed by atoms with Crippen LogP contribution < -0.4 is 11.5 Å². The Morgan fingerprint density at radius 2 is 2.47 bits per heavy atom. The summed E-state index contributed by atoms with van der Waals surface area (Å²) in [5.74, 6) is -0.358. The van der Waals surface area contributed by atoms with Crippen molar-refractivity contribution in [3.63, 3.8) is 0 Å². The highest BCUT2D eigenvalue weighted by Crippen LogP contribution is 2.20. The maximum absolute atomic E-state index is 11.0. The van der Waals surface area contributed by atoms with Gasteiger partial charge in [-0.1, -0.05) is 0 Å². The van der Waals surface area contributed by atoms with Crippen LogP contribution in [-0.4, -0.2) is 28.9 Å². The van der Waals surface area contributed by atoms with E-state index in [1.165, 1.54) is 0 Å². The highest BCUT2D eigenvalue weighted by atomic mass is 16.5. The summed E-state index contributed by atoms with van der Waals surface area (Å²) in [5.41, 5.74) is 11.0. The Hall–Kier alpha value is -1.56. The van der Waals surface area contributed by atoms with E-state index in [2.05, 4.69) is 5.10 Å². The summed E-state index contributed by atoms with van der Waals surface area (Å²) >= 11 is 0. The molecule has 2 rings (SSSR count). The molecule has 1 saturated heterocycles. The van der Waals surface area contributed by atoms with Crippen LogP contribution in [0.5, 0.6) is 0 Å². The maximum atomic E-state index is 11.0. The van der Waals surface area contributed by atoms with Crippen LogP contribution in [0.4, 0.5) is 5.82 Å². The first-order valence-electron chi connectivity index (χ1n) is 4.90. The Balaban J connectivity index is 2.21. The molecule has 2 heterocycles. The number of aromatic nitrogens is 2. The number of carbonyl (C=O) groups excluding carboxylic acids is 1. The molecular weight excluding hydrogens is 196 g/mol. The highest BCUT2D eigenvalue weighted by molar-refractivity contribution is 5.96. The van der Waals surface area contributed by atoms with Crippen LogP contribution in [0, 0.1) is 0 Å². The number of nitrogens with zero attached hydrogens (tertiary/aromatic N) is 2. The Labute approximate surface area is 87.2 Å². The number of primary amides is 1. The number of hydrogen-bond donors (Lipinski definition) is 2. The quantitative estimate of drug-likeness (QED) is 0.713. The van der Waals surface area contributed by atoms with Crippen LogP contribution in [0.15, 0.2) is 6.20 Å². The molecule has 4 N–H and O–H groups in total. The van der Waals surface area contributed by atoms with Gasteiger partial charge in [-0.3, -0.25) is 9.48 Å². The van der Waals surface area contributed by atoms with Gasteiger partial charge in [0, 0.05) is 12.8 Å². The number of ether oxygens (including phenoxy) is 1. The Kier molecular flexibility index (Phi) is 2.59. The predicted octanol–water partition coefficient (Wildman–Crippen LogP) is -0.0843. The van der Waals surface area contributed by atoms with Gasteiger partial charge in [0.1, 0.15) is 5.56 Å². The van der Waals surface area contributed by atoms with Gasteiger partial charge in [0.15, 0.2) is 5.82 Å². The summed E-state index contributed by atoms with van der Waals surface area (Å²) in [5, 5.41) is 4.07. The number of hydrogen-bond acceptors (Lipinski definition) is 4. The number of amides is 1. The summed E-state index contributed by atoms with van der Waals surface area (Å²) in [6.07, 6.45) is 3.58. The molecule has 1 aromatic heterocycles. The molecule has 0 aromatic carbocycles. The second kappa shape index (κ2) is 3.90. The lowest BCUT2D eigenvalue weighted by molar-refractivity contribution is 0.0550. The molecule has 0 radical (unpaired) electrons. The van der Waals surface area contributed by atoms with E-state index in [0.29, 0.717) is 6.61 Å². The largest absolute Gasteiger partial charge is 0.382 e. The molecule has 1 fully saturated rings. The van der Waals surface area contributed by atoms with E-state index in [-0.39, 0.29) is 17.4 Å². The first kappa shape index (κ1) is 9.97. The number of nitrogens with two attached hydrogens (primary N) is 2. The van der Waals surface area contributed by atoms with E-state index in [1.54, 1.807) is 10.9 Å². The van der Waals surface area contributed by atoms with Gasteiger partial charge < -0.3 is 16.2 Å². The van der Waals surface area contributed by atoms with Crippen molar-refractivity contribution >= 4 is 11.7 Å². The fourth-order valence-electron chi connectivity index (χ4n) is 1.71. The van der Waals surface area contributed by atoms with Gasteiger partial charge in [-0.2, -0.15) is 5.10 Å². The van der Waals surface area contributed by atoms with Crippen molar-refractivity contribution < 1.29 is 9.53 Å². The summed E-state index contributed by atoms with van der Waals surface area (Å²) in [4.78, 5) is 11.0. The number of rotatable bonds is 2.